The average molecular weight is 318 g/mol. The molecule has 0 spiro atoms. The molecule has 0 bridgehead atoms. The van der Waals surface area contributed by atoms with Gasteiger partial charge in [0.1, 0.15) is 5.82 Å². The highest BCUT2D eigenvalue weighted by Crippen LogP contribution is 2.09. The van der Waals surface area contributed by atoms with Crippen molar-refractivity contribution < 1.29 is 22.3 Å². The standard InChI is InChI=1S/C13H19FN2O4S/c1-20-10-2-8-15-13(17)7-9-16-21(18,19)12-5-3-11(14)4-6-12/h3-6,16H,2,7-10H2,1H3,(H,15,17). The lowest BCUT2D eigenvalue weighted by atomic mass is 10.4. The topological polar surface area (TPSA) is 84.5 Å². The van der Waals surface area contributed by atoms with Gasteiger partial charge in [-0.2, -0.15) is 0 Å². The third-order valence-electron chi connectivity index (χ3n) is 2.62. The number of hydrogen-bond acceptors (Lipinski definition) is 4. The zero-order valence-electron chi connectivity index (χ0n) is 11.8. The first kappa shape index (κ1) is 17.5. The Bertz CT molecular complexity index is 546. The molecule has 1 aromatic rings. The van der Waals surface area contributed by atoms with Crippen LogP contribution in [0.25, 0.3) is 0 Å². The molecule has 8 heteroatoms. The van der Waals surface area contributed by atoms with Crippen molar-refractivity contribution in [3.63, 3.8) is 0 Å². The largest absolute Gasteiger partial charge is 0.385 e. The van der Waals surface area contributed by atoms with E-state index in [9.17, 15) is 17.6 Å². The van der Waals surface area contributed by atoms with E-state index < -0.39 is 15.8 Å². The second-order valence-corrected chi connectivity index (χ2v) is 6.06. The van der Waals surface area contributed by atoms with Crippen molar-refractivity contribution in [2.75, 3.05) is 26.8 Å². The summed E-state index contributed by atoms with van der Waals surface area (Å²) >= 11 is 0. The maximum absolute atomic E-state index is 12.7. The van der Waals surface area contributed by atoms with Gasteiger partial charge in [-0.05, 0) is 30.7 Å². The van der Waals surface area contributed by atoms with Crippen LogP contribution in [0.15, 0.2) is 29.2 Å². The van der Waals surface area contributed by atoms with Gasteiger partial charge in [0.25, 0.3) is 0 Å². The minimum atomic E-state index is -3.72. The number of nitrogens with one attached hydrogen (secondary N) is 2. The van der Waals surface area contributed by atoms with E-state index in [1.165, 1.54) is 12.1 Å². The molecule has 0 heterocycles. The molecular formula is C13H19FN2O4S. The molecule has 118 valence electrons. The Morgan fingerprint density at radius 2 is 1.90 bits per heavy atom. The van der Waals surface area contributed by atoms with Crippen LogP contribution in [0.3, 0.4) is 0 Å². The summed E-state index contributed by atoms with van der Waals surface area (Å²) in [5, 5.41) is 2.65. The van der Waals surface area contributed by atoms with Gasteiger partial charge in [-0.1, -0.05) is 0 Å². The van der Waals surface area contributed by atoms with Crippen molar-refractivity contribution >= 4 is 15.9 Å². The Kier molecular flexibility index (Phi) is 7.27. The van der Waals surface area contributed by atoms with Crippen LogP contribution in [-0.4, -0.2) is 41.1 Å². The van der Waals surface area contributed by atoms with Gasteiger partial charge in [0.05, 0.1) is 4.90 Å². The van der Waals surface area contributed by atoms with E-state index in [4.69, 9.17) is 4.74 Å². The van der Waals surface area contributed by atoms with Crippen molar-refractivity contribution in [1.29, 1.82) is 0 Å². The zero-order chi connectivity index (χ0) is 15.7. The molecule has 0 saturated carbocycles. The molecule has 1 aromatic carbocycles. The summed E-state index contributed by atoms with van der Waals surface area (Å²) < 4.78 is 43.5. The van der Waals surface area contributed by atoms with Gasteiger partial charge in [0.2, 0.25) is 15.9 Å². The highest BCUT2D eigenvalue weighted by Gasteiger charge is 2.13. The Hall–Kier alpha value is -1.51. The monoisotopic (exact) mass is 318 g/mol. The van der Waals surface area contributed by atoms with E-state index in [1.807, 2.05) is 0 Å². The number of sulfonamides is 1. The number of carbonyl (C=O) groups excluding carboxylic acids is 1. The quantitative estimate of drug-likeness (QED) is 0.655. The highest BCUT2D eigenvalue weighted by atomic mass is 32.2. The predicted octanol–water partition coefficient (Wildman–Crippen LogP) is 0.647. The maximum atomic E-state index is 12.7. The third-order valence-corrected chi connectivity index (χ3v) is 4.09. The molecule has 6 nitrogen and oxygen atoms in total. The van der Waals surface area contributed by atoms with Crippen LogP contribution >= 0.6 is 0 Å². The van der Waals surface area contributed by atoms with E-state index in [1.54, 1.807) is 7.11 Å². The number of rotatable bonds is 9. The minimum Gasteiger partial charge on any atom is -0.385 e. The van der Waals surface area contributed by atoms with Crippen LogP contribution in [0, 0.1) is 5.82 Å². The molecule has 0 aromatic heterocycles. The van der Waals surface area contributed by atoms with E-state index in [2.05, 4.69) is 10.0 Å². The predicted molar refractivity (Wildman–Crippen MR) is 75.7 cm³/mol. The van der Waals surface area contributed by atoms with Crippen LogP contribution in [0.4, 0.5) is 4.39 Å². The molecule has 0 unspecified atom stereocenters. The SMILES string of the molecule is COCCCNC(=O)CCNS(=O)(=O)c1ccc(F)cc1. The summed E-state index contributed by atoms with van der Waals surface area (Å²) in [4.78, 5) is 11.4. The Balaban J connectivity index is 2.34. The van der Waals surface area contributed by atoms with E-state index in [-0.39, 0.29) is 23.8 Å². The fraction of sp³-hybridized carbons (Fsp3) is 0.462. The first-order chi connectivity index (χ1) is 9.95. The van der Waals surface area contributed by atoms with Crippen LogP contribution in [0.2, 0.25) is 0 Å². The molecule has 0 aliphatic carbocycles. The molecule has 0 aliphatic rings. The van der Waals surface area contributed by atoms with E-state index in [0.29, 0.717) is 19.6 Å². The number of hydrogen-bond donors (Lipinski definition) is 2. The van der Waals surface area contributed by atoms with Crippen LogP contribution in [-0.2, 0) is 19.6 Å². The molecule has 0 atom stereocenters. The number of halogens is 1. The minimum absolute atomic E-state index is 0.0180. The molecule has 1 rings (SSSR count). The lowest BCUT2D eigenvalue weighted by molar-refractivity contribution is -0.120. The van der Waals surface area contributed by atoms with Crippen LogP contribution in [0.1, 0.15) is 12.8 Å². The first-order valence-corrected chi connectivity index (χ1v) is 7.95. The summed E-state index contributed by atoms with van der Waals surface area (Å²) in [6.07, 6.45) is 0.733. The second-order valence-electron chi connectivity index (χ2n) is 4.30. The summed E-state index contributed by atoms with van der Waals surface area (Å²) in [5.74, 6) is -0.753. The summed E-state index contributed by atoms with van der Waals surface area (Å²) in [7, 11) is -2.14. The lowest BCUT2D eigenvalue weighted by Gasteiger charge is -2.07. The van der Waals surface area contributed by atoms with Crippen LogP contribution < -0.4 is 10.0 Å². The molecule has 21 heavy (non-hydrogen) atoms. The smallest absolute Gasteiger partial charge is 0.240 e. The van der Waals surface area contributed by atoms with E-state index >= 15 is 0 Å². The highest BCUT2D eigenvalue weighted by molar-refractivity contribution is 7.89. The normalized spacial score (nSPS) is 11.3. The fourth-order valence-electron chi connectivity index (χ4n) is 1.53. The first-order valence-electron chi connectivity index (χ1n) is 6.46. The van der Waals surface area contributed by atoms with Crippen LogP contribution in [0.5, 0.6) is 0 Å². The number of ether oxygens (including phenoxy) is 1. The van der Waals surface area contributed by atoms with Gasteiger partial charge < -0.3 is 10.1 Å². The Labute approximate surface area is 123 Å². The van der Waals surface area contributed by atoms with Gasteiger partial charge in [0, 0.05) is 33.2 Å². The molecule has 0 saturated heterocycles. The maximum Gasteiger partial charge on any atom is 0.240 e. The van der Waals surface area contributed by atoms with Crippen molar-refractivity contribution in [1.82, 2.24) is 10.0 Å². The van der Waals surface area contributed by atoms with E-state index in [0.717, 1.165) is 12.1 Å². The van der Waals surface area contributed by atoms with Crippen molar-refractivity contribution in [2.24, 2.45) is 0 Å². The lowest BCUT2D eigenvalue weighted by Crippen LogP contribution is -2.31. The van der Waals surface area contributed by atoms with Crippen molar-refractivity contribution in [2.45, 2.75) is 17.7 Å². The fourth-order valence-corrected chi connectivity index (χ4v) is 2.56. The molecule has 0 aliphatic heterocycles. The third kappa shape index (κ3) is 6.65. The van der Waals surface area contributed by atoms with Gasteiger partial charge in [-0.15, -0.1) is 0 Å². The average Bonchev–Trinajstić information content (AvgIpc) is 2.44. The summed E-state index contributed by atoms with van der Waals surface area (Å²) in [6, 6.07) is 4.47. The molecular weight excluding hydrogens is 299 g/mol. The zero-order valence-corrected chi connectivity index (χ0v) is 12.6. The van der Waals surface area contributed by atoms with Crippen molar-refractivity contribution in [3.05, 3.63) is 30.1 Å². The molecule has 1 amide bonds. The molecule has 0 fully saturated rings. The molecule has 2 N–H and O–H groups in total. The van der Waals surface area contributed by atoms with Gasteiger partial charge in [-0.3, -0.25) is 4.79 Å². The summed E-state index contributed by atoms with van der Waals surface area (Å²) in [5.41, 5.74) is 0. The van der Waals surface area contributed by atoms with Crippen molar-refractivity contribution in [3.8, 4) is 0 Å². The molecule has 0 radical (unpaired) electrons. The number of carbonyl (C=O) groups is 1. The number of amides is 1. The van der Waals surface area contributed by atoms with Gasteiger partial charge >= 0.3 is 0 Å². The Morgan fingerprint density at radius 1 is 1.24 bits per heavy atom. The Morgan fingerprint density at radius 3 is 2.52 bits per heavy atom. The number of benzene rings is 1. The number of methoxy groups -OCH3 is 1. The second kappa shape index (κ2) is 8.71. The van der Waals surface area contributed by atoms with Gasteiger partial charge in [0.15, 0.2) is 0 Å². The summed E-state index contributed by atoms with van der Waals surface area (Å²) in [6.45, 7) is 1.02. The van der Waals surface area contributed by atoms with Gasteiger partial charge in [-0.25, -0.2) is 17.5 Å².